The summed E-state index contributed by atoms with van der Waals surface area (Å²) >= 11 is 5.85. The minimum Gasteiger partial charge on any atom is -0.370 e. The highest BCUT2D eigenvalue weighted by molar-refractivity contribution is 6.29. The van der Waals surface area contributed by atoms with Crippen molar-refractivity contribution in [2.45, 2.75) is 25.8 Å². The summed E-state index contributed by atoms with van der Waals surface area (Å²) in [5.41, 5.74) is 0.558. The molecule has 0 atom stereocenters. The van der Waals surface area contributed by atoms with Gasteiger partial charge in [-0.05, 0) is 31.9 Å². The molecule has 2 N–H and O–H groups in total. The van der Waals surface area contributed by atoms with Gasteiger partial charge in [-0.25, -0.2) is 4.98 Å². The Morgan fingerprint density at radius 2 is 2.31 bits per heavy atom. The van der Waals surface area contributed by atoms with Crippen molar-refractivity contribution < 1.29 is 4.79 Å². The first kappa shape index (κ1) is 11.2. The summed E-state index contributed by atoms with van der Waals surface area (Å²) in [7, 11) is 0. The van der Waals surface area contributed by atoms with Crippen molar-refractivity contribution in [3.63, 3.8) is 0 Å². The Morgan fingerprint density at radius 3 is 2.94 bits per heavy atom. The molecule has 1 fully saturated rings. The summed E-state index contributed by atoms with van der Waals surface area (Å²) in [4.78, 5) is 15.9. The number of halogens is 1. The van der Waals surface area contributed by atoms with Crippen LogP contribution in [0.1, 0.15) is 30.1 Å². The Balaban J connectivity index is 2.14. The second kappa shape index (κ2) is 4.70. The topological polar surface area (TPSA) is 54.0 Å². The number of anilines is 1. The quantitative estimate of drug-likeness (QED) is 0.791. The fourth-order valence-electron chi connectivity index (χ4n) is 1.40. The Hall–Kier alpha value is -1.29. The van der Waals surface area contributed by atoms with E-state index >= 15 is 0 Å². The van der Waals surface area contributed by atoms with Crippen LogP contribution in [0.3, 0.4) is 0 Å². The third-order valence-corrected chi connectivity index (χ3v) is 2.52. The van der Waals surface area contributed by atoms with Gasteiger partial charge in [-0.15, -0.1) is 0 Å². The normalized spacial score (nSPS) is 14.6. The summed E-state index contributed by atoms with van der Waals surface area (Å²) in [6.07, 6.45) is 2.15. The molecule has 1 aromatic heterocycles. The molecule has 4 nitrogen and oxygen atoms in total. The molecule has 0 radical (unpaired) electrons. The van der Waals surface area contributed by atoms with Gasteiger partial charge >= 0.3 is 0 Å². The minimum atomic E-state index is -0.0778. The van der Waals surface area contributed by atoms with Crippen molar-refractivity contribution in [2.75, 3.05) is 11.9 Å². The van der Waals surface area contributed by atoms with Crippen molar-refractivity contribution in [3.8, 4) is 0 Å². The smallest absolute Gasteiger partial charge is 0.251 e. The van der Waals surface area contributed by atoms with Gasteiger partial charge in [0.1, 0.15) is 11.0 Å². The van der Waals surface area contributed by atoms with E-state index in [9.17, 15) is 4.79 Å². The zero-order chi connectivity index (χ0) is 11.5. The first-order valence-electron chi connectivity index (χ1n) is 5.41. The molecule has 0 aromatic carbocycles. The number of nitrogens with one attached hydrogen (secondary N) is 2. The molecule has 0 aliphatic heterocycles. The molecule has 0 saturated heterocycles. The number of rotatable bonds is 4. The van der Waals surface area contributed by atoms with Gasteiger partial charge in [0.05, 0.1) is 0 Å². The van der Waals surface area contributed by atoms with Crippen LogP contribution in [0.4, 0.5) is 5.82 Å². The maximum absolute atomic E-state index is 11.8. The van der Waals surface area contributed by atoms with E-state index in [0.29, 0.717) is 22.6 Å². The van der Waals surface area contributed by atoms with E-state index in [1.807, 2.05) is 6.92 Å². The predicted molar refractivity (Wildman–Crippen MR) is 63.9 cm³/mol. The summed E-state index contributed by atoms with van der Waals surface area (Å²) in [6, 6.07) is 3.65. The van der Waals surface area contributed by atoms with Crippen molar-refractivity contribution in [1.82, 2.24) is 10.3 Å². The lowest BCUT2D eigenvalue weighted by molar-refractivity contribution is 0.0951. The molecular formula is C11H14ClN3O. The van der Waals surface area contributed by atoms with Gasteiger partial charge in [0, 0.05) is 18.2 Å². The second-order valence-electron chi connectivity index (χ2n) is 3.84. The van der Waals surface area contributed by atoms with Gasteiger partial charge in [0.15, 0.2) is 0 Å². The van der Waals surface area contributed by atoms with Gasteiger partial charge in [-0.1, -0.05) is 11.6 Å². The fraction of sp³-hybridized carbons (Fsp3) is 0.455. The molecule has 5 heteroatoms. The summed E-state index contributed by atoms with van der Waals surface area (Å²) in [6.45, 7) is 2.71. The van der Waals surface area contributed by atoms with Crippen LogP contribution in [0.15, 0.2) is 12.1 Å². The Labute approximate surface area is 99.4 Å². The molecule has 0 bridgehead atoms. The lowest BCUT2D eigenvalue weighted by Gasteiger charge is -2.07. The number of nitrogens with zero attached hydrogens (tertiary/aromatic N) is 1. The molecule has 1 saturated carbocycles. The first-order valence-corrected chi connectivity index (χ1v) is 5.79. The van der Waals surface area contributed by atoms with Crippen molar-refractivity contribution in [3.05, 3.63) is 22.8 Å². The number of amides is 1. The van der Waals surface area contributed by atoms with E-state index in [-0.39, 0.29) is 5.91 Å². The number of carbonyl (C=O) groups excluding carboxylic acids is 1. The maximum atomic E-state index is 11.8. The molecule has 86 valence electrons. The highest BCUT2D eigenvalue weighted by Gasteiger charge is 2.24. The maximum Gasteiger partial charge on any atom is 0.251 e. The third kappa shape index (κ3) is 2.85. The summed E-state index contributed by atoms with van der Waals surface area (Å²) in [5, 5.41) is 6.28. The van der Waals surface area contributed by atoms with E-state index in [1.165, 1.54) is 0 Å². The Kier molecular flexibility index (Phi) is 3.29. The van der Waals surface area contributed by atoms with Gasteiger partial charge in [0.2, 0.25) is 0 Å². The molecule has 0 spiro atoms. The third-order valence-electron chi connectivity index (χ3n) is 2.33. The van der Waals surface area contributed by atoms with Crippen LogP contribution in [-0.4, -0.2) is 23.5 Å². The van der Waals surface area contributed by atoms with Crippen LogP contribution >= 0.6 is 11.6 Å². The number of pyridine rings is 1. The largest absolute Gasteiger partial charge is 0.370 e. The summed E-state index contributed by atoms with van der Waals surface area (Å²) < 4.78 is 0. The fourth-order valence-corrected chi connectivity index (χ4v) is 1.60. The van der Waals surface area contributed by atoms with Crippen LogP contribution in [0, 0.1) is 0 Å². The number of hydrogen-bond donors (Lipinski definition) is 2. The van der Waals surface area contributed by atoms with Crippen molar-refractivity contribution in [2.24, 2.45) is 0 Å². The van der Waals surface area contributed by atoms with E-state index in [1.54, 1.807) is 12.1 Å². The van der Waals surface area contributed by atoms with Crippen molar-refractivity contribution in [1.29, 1.82) is 0 Å². The van der Waals surface area contributed by atoms with E-state index in [4.69, 9.17) is 11.6 Å². The van der Waals surface area contributed by atoms with Crippen LogP contribution in [0.5, 0.6) is 0 Å². The van der Waals surface area contributed by atoms with Gasteiger partial charge in [0.25, 0.3) is 5.91 Å². The first-order chi connectivity index (χ1) is 7.69. The average molecular weight is 240 g/mol. The molecule has 1 aliphatic rings. The highest BCUT2D eigenvalue weighted by atomic mass is 35.5. The van der Waals surface area contributed by atoms with E-state index in [0.717, 1.165) is 19.4 Å². The molecular weight excluding hydrogens is 226 g/mol. The molecule has 2 rings (SSSR count). The second-order valence-corrected chi connectivity index (χ2v) is 4.23. The zero-order valence-electron chi connectivity index (χ0n) is 9.09. The molecule has 16 heavy (non-hydrogen) atoms. The number of carbonyl (C=O) groups is 1. The van der Waals surface area contributed by atoms with E-state index < -0.39 is 0 Å². The standard InChI is InChI=1S/C11H14ClN3O/c1-2-13-10-6-7(5-9(12)15-10)11(16)14-8-3-4-8/h5-6,8H,2-4H2,1H3,(H,13,15)(H,14,16). The summed E-state index contributed by atoms with van der Waals surface area (Å²) in [5.74, 6) is 0.557. The molecule has 1 aromatic rings. The SMILES string of the molecule is CCNc1cc(C(=O)NC2CC2)cc(Cl)n1. The molecule has 1 amide bonds. The predicted octanol–water partition coefficient (Wildman–Crippen LogP) is 2.06. The zero-order valence-corrected chi connectivity index (χ0v) is 9.84. The van der Waals surface area contributed by atoms with E-state index in [2.05, 4.69) is 15.6 Å². The lowest BCUT2D eigenvalue weighted by Crippen LogP contribution is -2.25. The minimum absolute atomic E-state index is 0.0778. The van der Waals surface area contributed by atoms with Crippen LogP contribution in [0.25, 0.3) is 0 Å². The highest BCUT2D eigenvalue weighted by Crippen LogP contribution is 2.20. The Morgan fingerprint density at radius 1 is 1.56 bits per heavy atom. The molecule has 0 unspecified atom stereocenters. The number of hydrogen-bond acceptors (Lipinski definition) is 3. The van der Waals surface area contributed by atoms with Crippen LogP contribution in [-0.2, 0) is 0 Å². The monoisotopic (exact) mass is 239 g/mol. The van der Waals surface area contributed by atoms with Gasteiger partial charge in [-0.3, -0.25) is 4.79 Å². The van der Waals surface area contributed by atoms with Crippen molar-refractivity contribution >= 4 is 23.3 Å². The van der Waals surface area contributed by atoms with Crippen LogP contribution in [0.2, 0.25) is 5.15 Å². The number of aromatic nitrogens is 1. The molecule has 1 heterocycles. The van der Waals surface area contributed by atoms with Gasteiger partial charge in [-0.2, -0.15) is 0 Å². The van der Waals surface area contributed by atoms with Gasteiger partial charge < -0.3 is 10.6 Å². The molecule has 1 aliphatic carbocycles. The lowest BCUT2D eigenvalue weighted by atomic mass is 10.2. The van der Waals surface area contributed by atoms with Crippen LogP contribution < -0.4 is 10.6 Å². The average Bonchev–Trinajstić information content (AvgIpc) is 3.01. The Bertz CT molecular complexity index is 404.